The van der Waals surface area contributed by atoms with E-state index in [2.05, 4.69) is 4.90 Å². The molecule has 0 radical (unpaired) electrons. The quantitative estimate of drug-likeness (QED) is 0.388. The lowest BCUT2D eigenvalue weighted by Crippen LogP contribution is -2.41. The average Bonchev–Trinajstić information content (AvgIpc) is 2.98. The van der Waals surface area contributed by atoms with Crippen LogP contribution in [0.1, 0.15) is 32.6 Å². The van der Waals surface area contributed by atoms with Crippen molar-refractivity contribution in [3.05, 3.63) is 112 Å². The third-order valence-corrected chi connectivity index (χ3v) is 7.31. The number of benzene rings is 3. The van der Waals surface area contributed by atoms with Crippen LogP contribution >= 0.6 is 0 Å². The molecule has 0 spiro atoms. The summed E-state index contributed by atoms with van der Waals surface area (Å²) >= 11 is 0. The van der Waals surface area contributed by atoms with Gasteiger partial charge in [-0.25, -0.2) is 0 Å². The molecule has 206 valence electrons. The highest BCUT2D eigenvalue weighted by Crippen LogP contribution is 2.25. The first-order chi connectivity index (χ1) is 19.4. The number of likely N-dealkylation sites (tertiary alicyclic amines) is 1. The van der Waals surface area contributed by atoms with Gasteiger partial charge in [-0.3, -0.25) is 14.5 Å². The van der Waals surface area contributed by atoms with Crippen LogP contribution in [-0.2, 0) is 9.53 Å². The van der Waals surface area contributed by atoms with Crippen LogP contribution in [0, 0.1) is 13.8 Å². The van der Waals surface area contributed by atoms with Gasteiger partial charge in [0.05, 0.1) is 26.3 Å². The Labute approximate surface area is 236 Å². The topological polar surface area (TPSA) is 59.1 Å². The van der Waals surface area contributed by atoms with Gasteiger partial charge in [0.1, 0.15) is 12.4 Å². The Morgan fingerprint density at radius 2 is 1.32 bits per heavy atom. The molecule has 5 rings (SSSR count). The van der Waals surface area contributed by atoms with Crippen molar-refractivity contribution < 1.29 is 19.1 Å². The van der Waals surface area contributed by atoms with Gasteiger partial charge in [0.2, 0.25) is 0 Å². The molecule has 0 aromatic heterocycles. The molecular weight excluding hydrogens is 500 g/mol. The molecule has 1 amide bonds. The molecule has 0 aliphatic carbocycles. The van der Waals surface area contributed by atoms with E-state index in [1.165, 1.54) is 0 Å². The number of ether oxygens (including phenoxy) is 2. The van der Waals surface area contributed by atoms with Crippen molar-refractivity contribution in [3.8, 4) is 5.75 Å². The Morgan fingerprint density at radius 1 is 0.800 bits per heavy atom. The number of aryl methyl sites for hydroxylation is 2. The highest BCUT2D eigenvalue weighted by Gasteiger charge is 2.29. The minimum Gasteiger partial charge on any atom is -0.492 e. The second kappa shape index (κ2) is 12.9. The van der Waals surface area contributed by atoms with Gasteiger partial charge in [0, 0.05) is 36.3 Å². The van der Waals surface area contributed by atoms with Gasteiger partial charge in [-0.2, -0.15) is 0 Å². The van der Waals surface area contributed by atoms with Crippen molar-refractivity contribution in [2.75, 3.05) is 52.5 Å². The summed E-state index contributed by atoms with van der Waals surface area (Å²) in [5.74, 6) is 0.602. The Balaban J connectivity index is 1.32. The number of ketones is 1. The Morgan fingerprint density at radius 3 is 1.85 bits per heavy atom. The van der Waals surface area contributed by atoms with E-state index in [9.17, 15) is 9.59 Å². The lowest BCUT2D eigenvalue weighted by molar-refractivity contribution is -0.113. The fourth-order valence-corrected chi connectivity index (χ4v) is 4.90. The van der Waals surface area contributed by atoms with E-state index in [-0.39, 0.29) is 24.8 Å². The van der Waals surface area contributed by atoms with Gasteiger partial charge in [-0.05, 0) is 61.4 Å². The second-order valence-corrected chi connectivity index (χ2v) is 10.5. The monoisotopic (exact) mass is 536 g/mol. The molecule has 0 unspecified atom stereocenters. The number of morpholine rings is 1. The fourth-order valence-electron chi connectivity index (χ4n) is 4.90. The number of carbonyl (C=O) groups excluding carboxylic acids is 2. The molecule has 0 bridgehead atoms. The van der Waals surface area contributed by atoms with Crippen molar-refractivity contribution in [2.24, 2.45) is 0 Å². The lowest BCUT2D eigenvalue weighted by atomic mass is 9.93. The van der Waals surface area contributed by atoms with Crippen LogP contribution in [-0.4, -0.2) is 74.0 Å². The van der Waals surface area contributed by atoms with E-state index in [0.717, 1.165) is 60.9 Å². The first-order valence-corrected chi connectivity index (χ1v) is 13.9. The van der Waals surface area contributed by atoms with Gasteiger partial charge in [-0.1, -0.05) is 59.7 Å². The number of carbonyl (C=O) groups is 2. The Kier molecular flexibility index (Phi) is 8.89. The standard InChI is InChI=1S/C34H36N2O4/c1-25-3-7-27(8-4-25)21-30-23-36(24-31(33(30)37)22-28-9-5-26(2)6-10-28)34(38)29-11-13-32(14-12-29)40-20-17-35-15-18-39-19-16-35/h3-14,21-22H,15-20,23-24H2,1-2H3/b30-21+,31-22+. The molecule has 40 heavy (non-hydrogen) atoms. The Hall–Kier alpha value is -4.00. The predicted octanol–water partition coefficient (Wildman–Crippen LogP) is 5.21. The molecule has 0 saturated carbocycles. The maximum Gasteiger partial charge on any atom is 0.254 e. The predicted molar refractivity (Wildman–Crippen MR) is 158 cm³/mol. The van der Waals surface area contributed by atoms with Gasteiger partial charge >= 0.3 is 0 Å². The third kappa shape index (κ3) is 7.14. The van der Waals surface area contributed by atoms with Crippen molar-refractivity contribution in [3.63, 3.8) is 0 Å². The van der Waals surface area contributed by atoms with Crippen LogP contribution in [0.25, 0.3) is 12.2 Å². The summed E-state index contributed by atoms with van der Waals surface area (Å²) in [4.78, 5) is 31.2. The molecule has 2 saturated heterocycles. The number of hydrogen-bond acceptors (Lipinski definition) is 5. The molecule has 2 fully saturated rings. The summed E-state index contributed by atoms with van der Waals surface area (Å²) in [7, 11) is 0. The molecule has 2 aliphatic heterocycles. The average molecular weight is 537 g/mol. The Bertz CT molecular complexity index is 1320. The van der Waals surface area contributed by atoms with E-state index in [1.54, 1.807) is 17.0 Å². The molecule has 3 aromatic carbocycles. The van der Waals surface area contributed by atoms with E-state index < -0.39 is 0 Å². The van der Waals surface area contributed by atoms with Gasteiger partial charge in [0.15, 0.2) is 5.78 Å². The zero-order valence-corrected chi connectivity index (χ0v) is 23.3. The van der Waals surface area contributed by atoms with Crippen LogP contribution in [0.4, 0.5) is 0 Å². The lowest BCUT2D eigenvalue weighted by Gasteiger charge is -2.30. The SMILES string of the molecule is Cc1ccc(/C=C2\CN(C(=O)c3ccc(OCCN4CCOCC4)cc3)C/C(=C\c3ccc(C)cc3)C2=O)cc1. The first-order valence-electron chi connectivity index (χ1n) is 13.9. The smallest absolute Gasteiger partial charge is 0.254 e. The van der Waals surface area contributed by atoms with Gasteiger partial charge < -0.3 is 14.4 Å². The molecule has 0 atom stereocenters. The molecule has 0 N–H and O–H groups in total. The van der Waals surface area contributed by atoms with Crippen molar-refractivity contribution in [1.82, 2.24) is 9.80 Å². The highest BCUT2D eigenvalue weighted by molar-refractivity contribution is 6.15. The van der Waals surface area contributed by atoms with E-state index in [4.69, 9.17) is 9.47 Å². The summed E-state index contributed by atoms with van der Waals surface area (Å²) in [6, 6.07) is 23.4. The minimum absolute atomic E-state index is 0.0192. The van der Waals surface area contributed by atoms with E-state index in [1.807, 2.05) is 86.7 Å². The molecule has 2 heterocycles. The van der Waals surface area contributed by atoms with Crippen LogP contribution in [0.15, 0.2) is 83.9 Å². The van der Waals surface area contributed by atoms with Crippen LogP contribution in [0.5, 0.6) is 5.75 Å². The summed E-state index contributed by atoms with van der Waals surface area (Å²) < 4.78 is 11.3. The van der Waals surface area contributed by atoms with E-state index in [0.29, 0.717) is 23.3 Å². The number of piperidine rings is 1. The van der Waals surface area contributed by atoms with Crippen molar-refractivity contribution in [2.45, 2.75) is 13.8 Å². The molecule has 6 heteroatoms. The number of nitrogens with zero attached hydrogens (tertiary/aromatic N) is 2. The number of rotatable bonds is 7. The van der Waals surface area contributed by atoms with Crippen molar-refractivity contribution >= 4 is 23.8 Å². The molecule has 6 nitrogen and oxygen atoms in total. The number of amides is 1. The number of Topliss-reactive ketones (excluding diaryl/α,β-unsaturated/α-hetero) is 1. The highest BCUT2D eigenvalue weighted by atomic mass is 16.5. The zero-order chi connectivity index (χ0) is 27.9. The molecule has 3 aromatic rings. The third-order valence-electron chi connectivity index (χ3n) is 7.31. The zero-order valence-electron chi connectivity index (χ0n) is 23.3. The maximum atomic E-state index is 13.6. The normalized spacial score (nSPS) is 18.4. The second-order valence-electron chi connectivity index (χ2n) is 10.5. The molecular formula is C34H36N2O4. The summed E-state index contributed by atoms with van der Waals surface area (Å²) in [6.07, 6.45) is 3.80. The largest absolute Gasteiger partial charge is 0.492 e. The molecule has 2 aliphatic rings. The van der Waals surface area contributed by atoms with Crippen LogP contribution < -0.4 is 4.74 Å². The van der Waals surface area contributed by atoms with Gasteiger partial charge in [0.25, 0.3) is 5.91 Å². The van der Waals surface area contributed by atoms with Gasteiger partial charge in [-0.15, -0.1) is 0 Å². The fraction of sp³-hybridized carbons (Fsp3) is 0.294. The van der Waals surface area contributed by atoms with Crippen LogP contribution in [0.3, 0.4) is 0 Å². The van der Waals surface area contributed by atoms with Crippen molar-refractivity contribution in [1.29, 1.82) is 0 Å². The minimum atomic E-state index is -0.114. The van der Waals surface area contributed by atoms with E-state index >= 15 is 0 Å². The number of hydrogen-bond donors (Lipinski definition) is 0. The first kappa shape index (κ1) is 27.6. The summed E-state index contributed by atoms with van der Waals surface area (Å²) in [5, 5.41) is 0. The maximum absolute atomic E-state index is 13.6. The van der Waals surface area contributed by atoms with Crippen LogP contribution in [0.2, 0.25) is 0 Å². The summed E-state index contributed by atoms with van der Waals surface area (Å²) in [5.41, 5.74) is 5.96. The summed E-state index contributed by atoms with van der Waals surface area (Å²) in [6.45, 7) is 9.40.